The molecular weight excluding hydrogens is 240 g/mol. The van der Waals surface area contributed by atoms with Crippen LogP contribution in [0.5, 0.6) is 0 Å². The summed E-state index contributed by atoms with van der Waals surface area (Å²) in [5.74, 6) is 0. The van der Waals surface area contributed by atoms with Crippen molar-refractivity contribution in [1.82, 2.24) is 0 Å². The van der Waals surface area contributed by atoms with Gasteiger partial charge in [0.2, 0.25) is 0 Å². The van der Waals surface area contributed by atoms with Crippen molar-refractivity contribution in [2.24, 2.45) is 5.73 Å². The summed E-state index contributed by atoms with van der Waals surface area (Å²) in [4.78, 5) is 0. The van der Waals surface area contributed by atoms with Crippen LogP contribution in [0.2, 0.25) is 15.1 Å². The van der Waals surface area contributed by atoms with Crippen LogP contribution < -0.4 is 5.73 Å². The van der Waals surface area contributed by atoms with Crippen molar-refractivity contribution in [2.75, 3.05) is 0 Å². The van der Waals surface area contributed by atoms with Gasteiger partial charge in [0.1, 0.15) is 0 Å². The lowest BCUT2D eigenvalue weighted by Gasteiger charge is -2.25. The van der Waals surface area contributed by atoms with E-state index in [9.17, 15) is 0 Å². The lowest BCUT2D eigenvalue weighted by Crippen LogP contribution is -2.32. The lowest BCUT2D eigenvalue weighted by molar-refractivity contribution is 0.477. The van der Waals surface area contributed by atoms with E-state index in [2.05, 4.69) is 0 Å². The lowest BCUT2D eigenvalue weighted by atomic mass is 9.90. The van der Waals surface area contributed by atoms with Gasteiger partial charge in [0.15, 0.2) is 0 Å². The standard InChI is InChI=1S/C10H12Cl3N/c1-3-10(2,14)9-7(12)4-6(11)5-8(9)13/h4-5H,3,14H2,1-2H3. The van der Waals surface area contributed by atoms with Gasteiger partial charge in [-0.15, -0.1) is 0 Å². The number of benzene rings is 1. The maximum Gasteiger partial charge on any atom is 0.0486 e. The Morgan fingerprint density at radius 1 is 1.21 bits per heavy atom. The van der Waals surface area contributed by atoms with Gasteiger partial charge in [-0.2, -0.15) is 0 Å². The van der Waals surface area contributed by atoms with Gasteiger partial charge in [0.25, 0.3) is 0 Å². The van der Waals surface area contributed by atoms with Crippen molar-refractivity contribution >= 4 is 34.8 Å². The molecule has 0 heterocycles. The van der Waals surface area contributed by atoms with E-state index in [-0.39, 0.29) is 0 Å². The van der Waals surface area contributed by atoms with E-state index in [0.29, 0.717) is 15.1 Å². The largest absolute Gasteiger partial charge is 0.322 e. The van der Waals surface area contributed by atoms with Crippen molar-refractivity contribution in [3.8, 4) is 0 Å². The minimum Gasteiger partial charge on any atom is -0.322 e. The van der Waals surface area contributed by atoms with Crippen molar-refractivity contribution < 1.29 is 0 Å². The van der Waals surface area contributed by atoms with Gasteiger partial charge in [-0.25, -0.2) is 0 Å². The number of halogens is 3. The highest BCUT2D eigenvalue weighted by atomic mass is 35.5. The average molecular weight is 253 g/mol. The third-order valence-electron chi connectivity index (χ3n) is 2.31. The van der Waals surface area contributed by atoms with Gasteiger partial charge in [-0.05, 0) is 25.5 Å². The minimum atomic E-state index is -0.515. The summed E-state index contributed by atoms with van der Waals surface area (Å²) in [6.45, 7) is 3.88. The van der Waals surface area contributed by atoms with Crippen molar-refractivity contribution in [2.45, 2.75) is 25.8 Å². The molecule has 1 unspecified atom stereocenters. The van der Waals surface area contributed by atoms with Crippen LogP contribution in [-0.4, -0.2) is 0 Å². The quantitative estimate of drug-likeness (QED) is 0.837. The van der Waals surface area contributed by atoms with E-state index in [1.807, 2.05) is 13.8 Å². The van der Waals surface area contributed by atoms with Gasteiger partial charge in [-0.1, -0.05) is 41.7 Å². The first-order valence-corrected chi connectivity index (χ1v) is 5.45. The Morgan fingerprint density at radius 3 is 2.00 bits per heavy atom. The molecule has 0 spiro atoms. The summed E-state index contributed by atoms with van der Waals surface area (Å²) in [6, 6.07) is 3.32. The molecule has 0 aromatic heterocycles. The van der Waals surface area contributed by atoms with Gasteiger partial charge in [-0.3, -0.25) is 0 Å². The topological polar surface area (TPSA) is 26.0 Å². The van der Waals surface area contributed by atoms with Crippen LogP contribution in [0.4, 0.5) is 0 Å². The molecular formula is C10H12Cl3N. The summed E-state index contributed by atoms with van der Waals surface area (Å²) in [7, 11) is 0. The molecule has 0 aliphatic heterocycles. The third-order valence-corrected chi connectivity index (χ3v) is 3.13. The van der Waals surface area contributed by atoms with Crippen LogP contribution in [0.3, 0.4) is 0 Å². The molecule has 1 nitrogen and oxygen atoms in total. The molecule has 0 radical (unpaired) electrons. The molecule has 1 atom stereocenters. The number of nitrogens with two attached hydrogens (primary N) is 1. The SMILES string of the molecule is CCC(C)(N)c1c(Cl)cc(Cl)cc1Cl. The van der Waals surface area contributed by atoms with E-state index in [0.717, 1.165) is 12.0 Å². The fraction of sp³-hybridized carbons (Fsp3) is 0.400. The van der Waals surface area contributed by atoms with Gasteiger partial charge in [0.05, 0.1) is 0 Å². The number of rotatable bonds is 2. The van der Waals surface area contributed by atoms with Gasteiger partial charge >= 0.3 is 0 Å². The van der Waals surface area contributed by atoms with E-state index >= 15 is 0 Å². The van der Waals surface area contributed by atoms with Crippen LogP contribution in [0, 0.1) is 0 Å². The highest BCUT2D eigenvalue weighted by Gasteiger charge is 2.24. The molecule has 1 aromatic rings. The second kappa shape index (κ2) is 4.28. The molecule has 1 rings (SSSR count). The maximum absolute atomic E-state index is 6.08. The molecule has 1 aromatic carbocycles. The summed E-state index contributed by atoms with van der Waals surface area (Å²) >= 11 is 17.9. The summed E-state index contributed by atoms with van der Waals surface area (Å²) < 4.78 is 0. The molecule has 14 heavy (non-hydrogen) atoms. The smallest absolute Gasteiger partial charge is 0.0486 e. The fourth-order valence-electron chi connectivity index (χ4n) is 1.26. The molecule has 78 valence electrons. The van der Waals surface area contributed by atoms with Crippen LogP contribution in [-0.2, 0) is 5.54 Å². The van der Waals surface area contributed by atoms with E-state index < -0.39 is 5.54 Å². The molecule has 0 aliphatic carbocycles. The van der Waals surface area contributed by atoms with Crippen molar-refractivity contribution in [3.63, 3.8) is 0 Å². The van der Waals surface area contributed by atoms with Crippen molar-refractivity contribution in [3.05, 3.63) is 32.8 Å². The highest BCUT2D eigenvalue weighted by Crippen LogP contribution is 2.36. The molecule has 0 fully saturated rings. The minimum absolute atomic E-state index is 0.515. The van der Waals surface area contributed by atoms with Gasteiger partial charge < -0.3 is 5.73 Å². The Hall–Kier alpha value is 0.0500. The Bertz CT molecular complexity index is 324. The average Bonchev–Trinajstić information content (AvgIpc) is 2.01. The molecule has 0 saturated heterocycles. The first-order chi connectivity index (χ1) is 6.38. The third kappa shape index (κ3) is 2.34. The Labute approximate surface area is 99.1 Å². The molecule has 0 bridgehead atoms. The van der Waals surface area contributed by atoms with Crippen LogP contribution in [0.1, 0.15) is 25.8 Å². The summed E-state index contributed by atoms with van der Waals surface area (Å²) in [5, 5.41) is 1.57. The van der Waals surface area contributed by atoms with Crippen LogP contribution >= 0.6 is 34.8 Å². The number of hydrogen-bond donors (Lipinski definition) is 1. The summed E-state index contributed by atoms with van der Waals surface area (Å²) in [6.07, 6.45) is 0.758. The zero-order chi connectivity index (χ0) is 10.9. The monoisotopic (exact) mass is 251 g/mol. The number of hydrogen-bond acceptors (Lipinski definition) is 1. The Kier molecular flexibility index (Phi) is 3.70. The second-order valence-corrected chi connectivity index (χ2v) is 4.77. The first-order valence-electron chi connectivity index (χ1n) is 4.32. The maximum atomic E-state index is 6.08. The Balaban J connectivity index is 3.35. The highest BCUT2D eigenvalue weighted by molar-refractivity contribution is 6.39. The van der Waals surface area contributed by atoms with E-state index in [1.54, 1.807) is 12.1 Å². The predicted octanol–water partition coefficient (Wildman–Crippen LogP) is 4.23. The normalized spacial score (nSPS) is 15.3. The van der Waals surface area contributed by atoms with Crippen molar-refractivity contribution in [1.29, 1.82) is 0 Å². The van der Waals surface area contributed by atoms with E-state index in [4.69, 9.17) is 40.5 Å². The molecule has 2 N–H and O–H groups in total. The Morgan fingerprint density at radius 2 is 1.64 bits per heavy atom. The van der Waals surface area contributed by atoms with Crippen LogP contribution in [0.15, 0.2) is 12.1 Å². The zero-order valence-corrected chi connectivity index (χ0v) is 10.3. The zero-order valence-electron chi connectivity index (χ0n) is 8.07. The molecule has 4 heteroatoms. The molecule has 0 saturated carbocycles. The van der Waals surface area contributed by atoms with Gasteiger partial charge in [0, 0.05) is 26.2 Å². The summed E-state index contributed by atoms with van der Waals surface area (Å²) in [5.41, 5.74) is 6.32. The second-order valence-electron chi connectivity index (χ2n) is 3.52. The van der Waals surface area contributed by atoms with E-state index in [1.165, 1.54) is 0 Å². The first kappa shape index (κ1) is 12.1. The fourth-order valence-corrected chi connectivity index (χ4v) is 2.51. The molecule has 0 aliphatic rings. The van der Waals surface area contributed by atoms with Crippen LogP contribution in [0.25, 0.3) is 0 Å². The predicted molar refractivity (Wildman–Crippen MR) is 63.3 cm³/mol. The molecule has 0 amide bonds.